The first-order valence-corrected chi connectivity index (χ1v) is 6.68. The lowest BCUT2D eigenvalue weighted by molar-refractivity contribution is -0.115. The number of nitrogens with zero attached hydrogens (tertiary/aromatic N) is 2. The molecule has 0 aliphatic heterocycles. The molecule has 0 atom stereocenters. The van der Waals surface area contributed by atoms with E-state index in [1.807, 2.05) is 0 Å². The van der Waals surface area contributed by atoms with Gasteiger partial charge in [0.25, 0.3) is 5.91 Å². The van der Waals surface area contributed by atoms with Gasteiger partial charge >= 0.3 is 6.01 Å². The minimum atomic E-state index is -0.433. The third-order valence-corrected chi connectivity index (χ3v) is 2.89. The average Bonchev–Trinajstić information content (AvgIpc) is 2.92. The summed E-state index contributed by atoms with van der Waals surface area (Å²) in [6.07, 6.45) is 0. The van der Waals surface area contributed by atoms with Crippen LogP contribution in [0.5, 0.6) is 6.01 Å². The monoisotopic (exact) mass is 353 g/mol. The fourth-order valence-electron chi connectivity index (χ4n) is 1.46. The van der Waals surface area contributed by atoms with Crippen LogP contribution in [-0.2, 0) is 4.79 Å². The molecule has 2 aromatic rings. The molecule has 0 radical (unpaired) electrons. The van der Waals surface area contributed by atoms with Gasteiger partial charge in [0, 0.05) is 10.0 Å². The molecule has 0 fully saturated rings. The molecule has 0 aliphatic rings. The lowest BCUT2D eigenvalue weighted by atomic mass is 10.2. The zero-order chi connectivity index (χ0) is 15.2. The van der Waals surface area contributed by atoms with Gasteiger partial charge in [-0.15, -0.1) is 5.10 Å². The summed E-state index contributed by atoms with van der Waals surface area (Å²) in [5, 5.41) is 11.1. The van der Waals surface area contributed by atoms with Gasteiger partial charge in [-0.05, 0) is 18.2 Å². The van der Waals surface area contributed by atoms with Crippen LogP contribution in [-0.4, -0.2) is 40.7 Å². The van der Waals surface area contributed by atoms with Crippen LogP contribution in [0.2, 0.25) is 0 Å². The summed E-state index contributed by atoms with van der Waals surface area (Å²) in [5.74, 6) is -0.632. The number of amides is 2. The van der Waals surface area contributed by atoms with Gasteiger partial charge in [-0.1, -0.05) is 22.0 Å². The number of rotatable bonds is 5. The SMILES string of the molecule is COc1n[nH]c(NC(=O)CNC(=O)c2cccc(Br)c2)n1. The van der Waals surface area contributed by atoms with Crippen molar-refractivity contribution in [2.75, 3.05) is 19.0 Å². The van der Waals surface area contributed by atoms with Crippen LogP contribution in [0.4, 0.5) is 5.95 Å². The van der Waals surface area contributed by atoms with Gasteiger partial charge in [-0.3, -0.25) is 14.9 Å². The summed E-state index contributed by atoms with van der Waals surface area (Å²) < 4.78 is 5.55. The van der Waals surface area contributed by atoms with Gasteiger partial charge in [-0.2, -0.15) is 4.98 Å². The number of benzene rings is 1. The van der Waals surface area contributed by atoms with Crippen molar-refractivity contribution in [3.63, 3.8) is 0 Å². The van der Waals surface area contributed by atoms with E-state index in [-0.39, 0.29) is 24.4 Å². The molecule has 3 N–H and O–H groups in total. The second-order valence-electron chi connectivity index (χ2n) is 3.91. The highest BCUT2D eigenvalue weighted by atomic mass is 79.9. The second kappa shape index (κ2) is 6.84. The minimum Gasteiger partial charge on any atom is -0.466 e. The molecule has 0 bridgehead atoms. The molecule has 0 unspecified atom stereocenters. The average molecular weight is 354 g/mol. The lowest BCUT2D eigenvalue weighted by Gasteiger charge is -2.05. The molecule has 0 saturated heterocycles. The Morgan fingerprint density at radius 1 is 1.43 bits per heavy atom. The van der Waals surface area contributed by atoms with E-state index in [0.29, 0.717) is 5.56 Å². The minimum absolute atomic E-state index is 0.114. The van der Waals surface area contributed by atoms with Crippen molar-refractivity contribution in [1.29, 1.82) is 0 Å². The third-order valence-electron chi connectivity index (χ3n) is 2.40. The molecular formula is C12H12BrN5O3. The molecule has 9 heteroatoms. The zero-order valence-corrected chi connectivity index (χ0v) is 12.6. The second-order valence-corrected chi connectivity index (χ2v) is 4.83. The number of anilines is 1. The number of nitrogens with one attached hydrogen (secondary N) is 3. The van der Waals surface area contributed by atoms with Crippen LogP contribution < -0.4 is 15.4 Å². The predicted octanol–water partition coefficient (Wildman–Crippen LogP) is 0.944. The van der Waals surface area contributed by atoms with E-state index in [2.05, 4.69) is 41.7 Å². The highest BCUT2D eigenvalue weighted by Crippen LogP contribution is 2.11. The standard InChI is InChI=1S/C12H12BrN5O3/c1-21-12-16-11(17-18-12)15-9(19)6-14-10(20)7-3-2-4-8(13)5-7/h2-5H,6H2,1H3,(H,14,20)(H2,15,16,17,18,19). The van der Waals surface area contributed by atoms with Crippen LogP contribution >= 0.6 is 15.9 Å². The molecule has 1 aromatic heterocycles. The molecule has 2 amide bonds. The fraction of sp³-hybridized carbons (Fsp3) is 0.167. The molecule has 110 valence electrons. The molecule has 0 spiro atoms. The molecule has 1 aromatic carbocycles. The van der Waals surface area contributed by atoms with Gasteiger partial charge < -0.3 is 10.1 Å². The molecule has 1 heterocycles. The number of aromatic nitrogens is 3. The summed E-state index contributed by atoms with van der Waals surface area (Å²) in [7, 11) is 1.41. The normalized spacial score (nSPS) is 10.0. The summed E-state index contributed by atoms with van der Waals surface area (Å²) in [6.45, 7) is -0.186. The first kappa shape index (κ1) is 15.0. The largest absolute Gasteiger partial charge is 0.466 e. The molecule has 21 heavy (non-hydrogen) atoms. The van der Waals surface area contributed by atoms with Gasteiger partial charge in [-0.25, -0.2) is 5.10 Å². The van der Waals surface area contributed by atoms with E-state index in [1.54, 1.807) is 24.3 Å². The Morgan fingerprint density at radius 2 is 2.24 bits per heavy atom. The van der Waals surface area contributed by atoms with Gasteiger partial charge in [0.15, 0.2) is 0 Å². The van der Waals surface area contributed by atoms with E-state index in [9.17, 15) is 9.59 Å². The summed E-state index contributed by atoms with van der Waals surface area (Å²) in [6, 6.07) is 6.97. The Kier molecular flexibility index (Phi) is 4.88. The third kappa shape index (κ3) is 4.28. The van der Waals surface area contributed by atoms with Crippen molar-refractivity contribution >= 4 is 33.7 Å². The molecule has 0 aliphatic carbocycles. The maximum Gasteiger partial charge on any atom is 0.336 e. The molecular weight excluding hydrogens is 342 g/mol. The van der Waals surface area contributed by atoms with E-state index in [1.165, 1.54) is 7.11 Å². The number of ether oxygens (including phenoxy) is 1. The van der Waals surface area contributed by atoms with Crippen molar-refractivity contribution in [2.45, 2.75) is 0 Å². The number of hydrogen-bond donors (Lipinski definition) is 3. The number of H-pyrrole nitrogens is 1. The number of halogens is 1. The maximum atomic E-state index is 11.8. The highest BCUT2D eigenvalue weighted by molar-refractivity contribution is 9.10. The first-order chi connectivity index (χ1) is 10.1. The van der Waals surface area contributed by atoms with E-state index >= 15 is 0 Å². The number of hydrogen-bond acceptors (Lipinski definition) is 5. The Balaban J connectivity index is 1.85. The number of carbonyl (C=O) groups is 2. The van der Waals surface area contributed by atoms with E-state index < -0.39 is 5.91 Å². The zero-order valence-electron chi connectivity index (χ0n) is 11.0. The van der Waals surface area contributed by atoms with Crippen molar-refractivity contribution in [3.05, 3.63) is 34.3 Å². The molecule has 0 saturated carbocycles. The maximum absolute atomic E-state index is 11.8. The summed E-state index contributed by atoms with van der Waals surface area (Å²) in [5.41, 5.74) is 0.457. The van der Waals surface area contributed by atoms with Gasteiger partial charge in [0.05, 0.1) is 13.7 Å². The summed E-state index contributed by atoms with van der Waals surface area (Å²) >= 11 is 3.27. The van der Waals surface area contributed by atoms with Crippen LogP contribution in [0.15, 0.2) is 28.7 Å². The lowest BCUT2D eigenvalue weighted by Crippen LogP contribution is -2.33. The Morgan fingerprint density at radius 3 is 2.90 bits per heavy atom. The Bertz CT molecular complexity index is 658. The first-order valence-electron chi connectivity index (χ1n) is 5.88. The van der Waals surface area contributed by atoms with Crippen LogP contribution in [0.3, 0.4) is 0 Å². The van der Waals surface area contributed by atoms with E-state index in [4.69, 9.17) is 4.74 Å². The Hall–Kier alpha value is -2.42. The topological polar surface area (TPSA) is 109 Å². The van der Waals surface area contributed by atoms with Crippen LogP contribution in [0, 0.1) is 0 Å². The van der Waals surface area contributed by atoms with Crippen LogP contribution in [0.25, 0.3) is 0 Å². The van der Waals surface area contributed by atoms with Crippen molar-refractivity contribution in [1.82, 2.24) is 20.5 Å². The predicted molar refractivity (Wildman–Crippen MR) is 78.0 cm³/mol. The van der Waals surface area contributed by atoms with Crippen molar-refractivity contribution in [2.24, 2.45) is 0 Å². The number of aromatic amines is 1. The van der Waals surface area contributed by atoms with E-state index in [0.717, 1.165) is 4.47 Å². The van der Waals surface area contributed by atoms with Crippen molar-refractivity contribution in [3.8, 4) is 6.01 Å². The van der Waals surface area contributed by atoms with Crippen LogP contribution in [0.1, 0.15) is 10.4 Å². The fourth-order valence-corrected chi connectivity index (χ4v) is 1.86. The highest BCUT2D eigenvalue weighted by Gasteiger charge is 2.10. The number of methoxy groups -OCH3 is 1. The molecule has 8 nitrogen and oxygen atoms in total. The molecule has 2 rings (SSSR count). The number of carbonyl (C=O) groups excluding carboxylic acids is 2. The van der Waals surface area contributed by atoms with Crippen molar-refractivity contribution < 1.29 is 14.3 Å². The van der Waals surface area contributed by atoms with Gasteiger partial charge in [0.1, 0.15) is 0 Å². The Labute approximate surface area is 128 Å². The smallest absolute Gasteiger partial charge is 0.336 e. The summed E-state index contributed by atoms with van der Waals surface area (Å²) in [4.78, 5) is 27.3. The quantitative estimate of drug-likeness (QED) is 0.741. The van der Waals surface area contributed by atoms with Gasteiger partial charge in [0.2, 0.25) is 11.9 Å².